The quantitative estimate of drug-likeness (QED) is 0.909. The van der Waals surface area contributed by atoms with E-state index in [0.717, 1.165) is 16.9 Å². The molecule has 0 radical (unpaired) electrons. The van der Waals surface area contributed by atoms with Gasteiger partial charge in [-0.25, -0.2) is 0 Å². The van der Waals surface area contributed by atoms with E-state index < -0.39 is 0 Å². The average molecular weight is 252 g/mol. The molecule has 0 aliphatic rings. The van der Waals surface area contributed by atoms with Gasteiger partial charge in [-0.05, 0) is 5.56 Å². The predicted molar refractivity (Wildman–Crippen MR) is 76.9 cm³/mol. The second-order valence-electron chi connectivity index (χ2n) is 4.55. The first-order valence-corrected chi connectivity index (χ1v) is 6.02. The number of anilines is 2. The number of aromatic nitrogens is 1. The maximum atomic E-state index is 9.38. The van der Waals surface area contributed by atoms with Crippen LogP contribution in [0.25, 0.3) is 0 Å². The molecule has 0 unspecified atom stereocenters. The fourth-order valence-corrected chi connectivity index (χ4v) is 2.08. The van der Waals surface area contributed by atoms with E-state index in [-0.39, 0.29) is 0 Å². The molecule has 0 amide bonds. The predicted octanol–water partition coefficient (Wildman–Crippen LogP) is 2.19. The van der Waals surface area contributed by atoms with Crippen LogP contribution in [0.15, 0.2) is 36.5 Å². The standard InChI is InChI=1S/C15H16N4/c1-19(2)15-12(9-16)14(18-10-13(15)17)8-11-6-4-3-5-7-11/h3-7,10H,8,17H2,1-2H3. The van der Waals surface area contributed by atoms with Gasteiger partial charge in [-0.2, -0.15) is 5.26 Å². The molecule has 4 heteroatoms. The number of nitrogen functional groups attached to an aromatic ring is 1. The van der Waals surface area contributed by atoms with Crippen LogP contribution in [0.4, 0.5) is 11.4 Å². The highest BCUT2D eigenvalue weighted by Crippen LogP contribution is 2.28. The molecule has 0 bridgehead atoms. The van der Waals surface area contributed by atoms with Crippen molar-refractivity contribution in [1.82, 2.24) is 4.98 Å². The fraction of sp³-hybridized carbons (Fsp3) is 0.200. The van der Waals surface area contributed by atoms with Crippen LogP contribution in [0.1, 0.15) is 16.8 Å². The van der Waals surface area contributed by atoms with Crippen LogP contribution in [0.2, 0.25) is 0 Å². The molecule has 96 valence electrons. The number of benzene rings is 1. The molecule has 0 atom stereocenters. The Morgan fingerprint density at radius 1 is 1.26 bits per heavy atom. The Bertz CT molecular complexity index is 612. The van der Waals surface area contributed by atoms with Gasteiger partial charge in [0.1, 0.15) is 6.07 Å². The van der Waals surface area contributed by atoms with E-state index >= 15 is 0 Å². The first kappa shape index (κ1) is 12.9. The van der Waals surface area contributed by atoms with Gasteiger partial charge in [0.25, 0.3) is 0 Å². The molecule has 2 aromatic rings. The Labute approximate surface area is 113 Å². The zero-order valence-electron chi connectivity index (χ0n) is 11.1. The summed E-state index contributed by atoms with van der Waals surface area (Å²) in [6.45, 7) is 0. The lowest BCUT2D eigenvalue weighted by Gasteiger charge is -2.18. The van der Waals surface area contributed by atoms with Gasteiger partial charge in [-0.1, -0.05) is 30.3 Å². The van der Waals surface area contributed by atoms with Crippen LogP contribution < -0.4 is 10.6 Å². The van der Waals surface area contributed by atoms with E-state index in [1.807, 2.05) is 49.3 Å². The van der Waals surface area contributed by atoms with Crippen LogP contribution in [0.5, 0.6) is 0 Å². The monoisotopic (exact) mass is 252 g/mol. The third-order valence-electron chi connectivity index (χ3n) is 2.93. The van der Waals surface area contributed by atoms with Crippen molar-refractivity contribution in [2.75, 3.05) is 24.7 Å². The lowest BCUT2D eigenvalue weighted by molar-refractivity contribution is 1.04. The summed E-state index contributed by atoms with van der Waals surface area (Å²) in [6, 6.07) is 12.2. The van der Waals surface area contributed by atoms with Crippen molar-refractivity contribution < 1.29 is 0 Å². The van der Waals surface area contributed by atoms with Crippen molar-refractivity contribution in [2.45, 2.75) is 6.42 Å². The number of pyridine rings is 1. The maximum Gasteiger partial charge on any atom is 0.103 e. The smallest absolute Gasteiger partial charge is 0.103 e. The van der Waals surface area contributed by atoms with Crippen molar-refractivity contribution >= 4 is 11.4 Å². The molecule has 0 aliphatic carbocycles. The molecule has 4 nitrogen and oxygen atoms in total. The van der Waals surface area contributed by atoms with Gasteiger partial charge >= 0.3 is 0 Å². The molecule has 1 aromatic heterocycles. The van der Waals surface area contributed by atoms with Gasteiger partial charge < -0.3 is 10.6 Å². The molecule has 0 spiro atoms. The topological polar surface area (TPSA) is 65.9 Å². The van der Waals surface area contributed by atoms with Gasteiger partial charge in [0.2, 0.25) is 0 Å². The van der Waals surface area contributed by atoms with Gasteiger partial charge in [0.05, 0.1) is 28.8 Å². The molecular formula is C15H16N4. The molecule has 2 rings (SSSR count). The van der Waals surface area contributed by atoms with E-state index in [1.165, 1.54) is 0 Å². The number of nitrogens with zero attached hydrogens (tertiary/aromatic N) is 3. The summed E-state index contributed by atoms with van der Waals surface area (Å²) in [7, 11) is 3.75. The molecule has 1 heterocycles. The maximum absolute atomic E-state index is 9.38. The third kappa shape index (κ3) is 2.66. The van der Waals surface area contributed by atoms with E-state index in [9.17, 15) is 5.26 Å². The molecule has 19 heavy (non-hydrogen) atoms. The Morgan fingerprint density at radius 2 is 1.95 bits per heavy atom. The molecule has 0 saturated carbocycles. The van der Waals surface area contributed by atoms with Gasteiger partial charge in [-0.15, -0.1) is 0 Å². The van der Waals surface area contributed by atoms with Crippen molar-refractivity contribution in [3.05, 3.63) is 53.3 Å². The molecule has 0 fully saturated rings. The number of hydrogen-bond donors (Lipinski definition) is 1. The van der Waals surface area contributed by atoms with Crippen LogP contribution in [0, 0.1) is 11.3 Å². The average Bonchev–Trinajstić information content (AvgIpc) is 2.41. The van der Waals surface area contributed by atoms with Crippen molar-refractivity contribution in [1.29, 1.82) is 5.26 Å². The highest BCUT2D eigenvalue weighted by atomic mass is 15.1. The largest absolute Gasteiger partial charge is 0.396 e. The second-order valence-corrected chi connectivity index (χ2v) is 4.55. The second kappa shape index (κ2) is 5.40. The summed E-state index contributed by atoms with van der Waals surface area (Å²) in [5.74, 6) is 0. The highest BCUT2D eigenvalue weighted by Gasteiger charge is 2.15. The zero-order valence-corrected chi connectivity index (χ0v) is 11.1. The number of rotatable bonds is 3. The summed E-state index contributed by atoms with van der Waals surface area (Å²) < 4.78 is 0. The Kier molecular flexibility index (Phi) is 3.67. The van der Waals surface area contributed by atoms with Gasteiger partial charge in [0.15, 0.2) is 0 Å². The number of nitriles is 1. The number of nitrogens with two attached hydrogens (primary N) is 1. The minimum Gasteiger partial charge on any atom is -0.396 e. The van der Waals surface area contributed by atoms with Crippen molar-refractivity contribution in [2.24, 2.45) is 0 Å². The van der Waals surface area contributed by atoms with Gasteiger partial charge in [0, 0.05) is 20.5 Å². The van der Waals surface area contributed by atoms with Crippen molar-refractivity contribution in [3.63, 3.8) is 0 Å². The Balaban J connectivity index is 2.48. The molecule has 0 saturated heterocycles. The zero-order chi connectivity index (χ0) is 13.8. The SMILES string of the molecule is CN(C)c1c(N)cnc(Cc2ccccc2)c1C#N. The summed E-state index contributed by atoms with van der Waals surface area (Å²) in [5.41, 5.74) is 9.60. The Morgan fingerprint density at radius 3 is 2.53 bits per heavy atom. The van der Waals surface area contributed by atoms with E-state index in [1.54, 1.807) is 6.20 Å². The number of hydrogen-bond acceptors (Lipinski definition) is 4. The summed E-state index contributed by atoms with van der Waals surface area (Å²) in [5, 5.41) is 9.38. The van der Waals surface area contributed by atoms with Crippen LogP contribution in [-0.2, 0) is 6.42 Å². The summed E-state index contributed by atoms with van der Waals surface area (Å²) >= 11 is 0. The lowest BCUT2D eigenvalue weighted by atomic mass is 10.0. The van der Waals surface area contributed by atoms with Crippen LogP contribution >= 0.6 is 0 Å². The van der Waals surface area contributed by atoms with E-state index in [0.29, 0.717) is 17.7 Å². The lowest BCUT2D eigenvalue weighted by Crippen LogP contribution is -2.15. The molecule has 0 aliphatic heterocycles. The fourth-order valence-electron chi connectivity index (χ4n) is 2.08. The summed E-state index contributed by atoms with van der Waals surface area (Å²) in [6.07, 6.45) is 2.25. The van der Waals surface area contributed by atoms with Gasteiger partial charge in [-0.3, -0.25) is 4.98 Å². The normalized spacial score (nSPS) is 9.95. The molecule has 2 N–H and O–H groups in total. The van der Waals surface area contributed by atoms with E-state index in [4.69, 9.17) is 5.73 Å². The minimum atomic E-state index is 0.526. The molecule has 1 aromatic carbocycles. The van der Waals surface area contributed by atoms with E-state index in [2.05, 4.69) is 11.1 Å². The van der Waals surface area contributed by atoms with Crippen LogP contribution in [0.3, 0.4) is 0 Å². The Hall–Kier alpha value is -2.54. The first-order valence-electron chi connectivity index (χ1n) is 6.02. The van der Waals surface area contributed by atoms with Crippen LogP contribution in [-0.4, -0.2) is 19.1 Å². The third-order valence-corrected chi connectivity index (χ3v) is 2.93. The molecular weight excluding hydrogens is 236 g/mol. The first-order chi connectivity index (χ1) is 9.13. The minimum absolute atomic E-state index is 0.526. The van der Waals surface area contributed by atoms with Crippen molar-refractivity contribution in [3.8, 4) is 6.07 Å². The summed E-state index contributed by atoms with van der Waals surface area (Å²) in [4.78, 5) is 6.16. The highest BCUT2D eigenvalue weighted by molar-refractivity contribution is 5.74.